The van der Waals surface area contributed by atoms with Crippen molar-refractivity contribution in [3.05, 3.63) is 82.1 Å². The molecule has 0 radical (unpaired) electrons. The van der Waals surface area contributed by atoms with Gasteiger partial charge >= 0.3 is 12.1 Å². The first-order chi connectivity index (χ1) is 17.2. The Bertz CT molecular complexity index is 1220. The second-order valence-corrected chi connectivity index (χ2v) is 9.39. The zero-order valence-corrected chi connectivity index (χ0v) is 19.7. The summed E-state index contributed by atoms with van der Waals surface area (Å²) >= 11 is 0. The third-order valence-electron chi connectivity index (χ3n) is 6.96. The van der Waals surface area contributed by atoms with Crippen molar-refractivity contribution in [2.75, 3.05) is 13.2 Å². The van der Waals surface area contributed by atoms with Crippen LogP contribution in [0.15, 0.2) is 69.6 Å². The lowest BCUT2D eigenvalue weighted by Gasteiger charge is -2.36. The van der Waals surface area contributed by atoms with Crippen molar-refractivity contribution in [2.24, 2.45) is 0 Å². The lowest BCUT2D eigenvalue weighted by Crippen LogP contribution is -2.36. The van der Waals surface area contributed by atoms with Crippen LogP contribution in [-0.4, -0.2) is 31.1 Å². The number of hydrogen-bond donors (Lipinski definition) is 1. The minimum atomic E-state index is -4.57. The van der Waals surface area contributed by atoms with Crippen LogP contribution < -0.4 is 5.32 Å². The summed E-state index contributed by atoms with van der Waals surface area (Å²) in [5, 5.41) is 3.19. The Balaban J connectivity index is 1.54. The summed E-state index contributed by atoms with van der Waals surface area (Å²) in [5.74, 6) is -1.45. The number of ketones is 1. The van der Waals surface area contributed by atoms with Crippen LogP contribution in [0.1, 0.15) is 61.3 Å². The number of allylic oxidation sites excluding steroid dienone is 3. The Kier molecular flexibility index (Phi) is 6.51. The van der Waals surface area contributed by atoms with Gasteiger partial charge in [-0.15, -0.1) is 0 Å². The highest BCUT2D eigenvalue weighted by Crippen LogP contribution is 2.46. The van der Waals surface area contributed by atoms with Crippen LogP contribution >= 0.6 is 0 Å². The van der Waals surface area contributed by atoms with E-state index in [-0.39, 0.29) is 42.0 Å². The molecule has 0 spiro atoms. The van der Waals surface area contributed by atoms with Crippen LogP contribution in [0.2, 0.25) is 0 Å². The molecule has 5 rings (SSSR count). The van der Waals surface area contributed by atoms with E-state index in [0.717, 1.165) is 25.0 Å². The van der Waals surface area contributed by atoms with Gasteiger partial charge in [-0.3, -0.25) is 4.79 Å². The molecule has 1 aliphatic carbocycles. The fourth-order valence-corrected chi connectivity index (χ4v) is 5.28. The first-order valence-electron chi connectivity index (χ1n) is 12.0. The summed E-state index contributed by atoms with van der Waals surface area (Å²) in [6.45, 7) is 2.32. The Morgan fingerprint density at radius 3 is 2.72 bits per heavy atom. The Hall–Kier alpha value is -3.33. The SMILES string of the molecule is CC1=C(C(=O)OC[C@@H]2CCCO2)[C@@H](c2cccc(C(F)(F)F)c2)C2=C(C[C@@H](c3ccco3)CC2=O)N1. The number of furan rings is 1. The first kappa shape index (κ1) is 24.4. The smallest absolute Gasteiger partial charge is 0.416 e. The summed E-state index contributed by atoms with van der Waals surface area (Å²) in [5.41, 5.74) is 0.835. The molecule has 1 N–H and O–H groups in total. The molecule has 3 aliphatic rings. The molecule has 9 heteroatoms. The molecule has 1 aromatic carbocycles. The third kappa shape index (κ3) is 4.72. The van der Waals surface area contributed by atoms with Crippen molar-refractivity contribution < 1.29 is 36.7 Å². The standard InChI is InChI=1S/C27H26F3NO5/c1-15-23(26(33)36-14-19-7-3-9-34-19)24(16-5-2-6-18(11-16)27(28,29)30)25-20(31-15)12-17(13-21(25)32)22-8-4-10-35-22/h2,4-6,8,10-11,17,19,24,31H,3,7,9,12-14H2,1H3/t17-,19+,24-/m1/s1. The number of carbonyl (C=O) groups excluding carboxylic acids is 2. The van der Waals surface area contributed by atoms with Gasteiger partial charge in [0, 0.05) is 41.8 Å². The molecule has 2 aliphatic heterocycles. The van der Waals surface area contributed by atoms with Crippen LogP contribution in [0.5, 0.6) is 0 Å². The molecule has 1 saturated heterocycles. The maximum atomic E-state index is 13.6. The number of hydrogen-bond acceptors (Lipinski definition) is 6. The molecule has 190 valence electrons. The van der Waals surface area contributed by atoms with Gasteiger partial charge in [0.15, 0.2) is 5.78 Å². The van der Waals surface area contributed by atoms with E-state index in [9.17, 15) is 22.8 Å². The quantitative estimate of drug-likeness (QED) is 0.555. The molecule has 1 aromatic heterocycles. The highest BCUT2D eigenvalue weighted by Gasteiger charge is 2.43. The molecule has 6 nitrogen and oxygen atoms in total. The van der Waals surface area contributed by atoms with E-state index in [1.807, 2.05) is 0 Å². The number of esters is 1. The van der Waals surface area contributed by atoms with Crippen molar-refractivity contribution in [3.63, 3.8) is 0 Å². The maximum Gasteiger partial charge on any atom is 0.416 e. The highest BCUT2D eigenvalue weighted by atomic mass is 19.4. The van der Waals surface area contributed by atoms with Crippen molar-refractivity contribution in [1.82, 2.24) is 5.32 Å². The third-order valence-corrected chi connectivity index (χ3v) is 6.96. The first-order valence-corrected chi connectivity index (χ1v) is 12.0. The van der Waals surface area contributed by atoms with E-state index in [4.69, 9.17) is 13.9 Å². The average molecular weight is 502 g/mol. The van der Waals surface area contributed by atoms with E-state index in [1.54, 1.807) is 19.1 Å². The van der Waals surface area contributed by atoms with E-state index < -0.39 is 23.6 Å². The number of halogens is 3. The molecule has 0 saturated carbocycles. The predicted molar refractivity (Wildman–Crippen MR) is 123 cm³/mol. The summed E-state index contributed by atoms with van der Waals surface area (Å²) < 4.78 is 57.3. The lowest BCUT2D eigenvalue weighted by atomic mass is 9.72. The van der Waals surface area contributed by atoms with E-state index in [0.29, 0.717) is 35.8 Å². The van der Waals surface area contributed by atoms with Gasteiger partial charge in [-0.05, 0) is 49.9 Å². The van der Waals surface area contributed by atoms with Crippen molar-refractivity contribution >= 4 is 11.8 Å². The van der Waals surface area contributed by atoms with Crippen LogP contribution in [0.3, 0.4) is 0 Å². The molecule has 0 unspecified atom stereocenters. The van der Waals surface area contributed by atoms with Crippen LogP contribution in [0.4, 0.5) is 13.2 Å². The van der Waals surface area contributed by atoms with Crippen LogP contribution in [0.25, 0.3) is 0 Å². The van der Waals surface area contributed by atoms with Gasteiger partial charge in [0.2, 0.25) is 0 Å². The second-order valence-electron chi connectivity index (χ2n) is 9.39. The molecule has 3 atom stereocenters. The van der Waals surface area contributed by atoms with Gasteiger partial charge in [0.25, 0.3) is 0 Å². The second kappa shape index (κ2) is 9.61. The van der Waals surface area contributed by atoms with Gasteiger partial charge in [0.05, 0.1) is 23.5 Å². The van der Waals surface area contributed by atoms with Gasteiger partial charge in [-0.25, -0.2) is 4.79 Å². The number of nitrogens with one attached hydrogen (secondary N) is 1. The number of rotatable bonds is 5. The van der Waals surface area contributed by atoms with Crippen LogP contribution in [-0.2, 0) is 25.2 Å². The van der Waals surface area contributed by atoms with E-state index in [2.05, 4.69) is 5.32 Å². The molecule has 0 amide bonds. The molecule has 3 heterocycles. The Morgan fingerprint density at radius 1 is 1.19 bits per heavy atom. The summed E-state index contributed by atoms with van der Waals surface area (Å²) in [7, 11) is 0. The number of Topliss-reactive ketones (excluding diaryl/α,β-unsaturated/α-hetero) is 1. The summed E-state index contributed by atoms with van der Waals surface area (Å²) in [6.07, 6.45) is -1.04. The molecule has 2 aromatic rings. The van der Waals surface area contributed by atoms with Crippen molar-refractivity contribution in [2.45, 2.75) is 56.7 Å². The summed E-state index contributed by atoms with van der Waals surface area (Å²) in [4.78, 5) is 26.8. The Morgan fingerprint density at radius 2 is 2.03 bits per heavy atom. The fourth-order valence-electron chi connectivity index (χ4n) is 5.28. The molecular weight excluding hydrogens is 475 g/mol. The minimum Gasteiger partial charge on any atom is -0.469 e. The van der Waals surface area contributed by atoms with Crippen LogP contribution in [0, 0.1) is 0 Å². The monoisotopic (exact) mass is 501 g/mol. The molecular formula is C27H26F3NO5. The predicted octanol–water partition coefficient (Wildman–Crippen LogP) is 5.38. The Labute approximate surface area is 206 Å². The molecule has 36 heavy (non-hydrogen) atoms. The zero-order chi connectivity index (χ0) is 25.4. The summed E-state index contributed by atoms with van der Waals surface area (Å²) in [6, 6.07) is 8.34. The lowest BCUT2D eigenvalue weighted by molar-refractivity contribution is -0.142. The number of alkyl halides is 3. The number of ether oxygens (including phenoxy) is 2. The largest absolute Gasteiger partial charge is 0.469 e. The van der Waals surface area contributed by atoms with E-state index in [1.165, 1.54) is 18.4 Å². The average Bonchev–Trinajstić information content (AvgIpc) is 3.55. The fraction of sp³-hybridized carbons (Fsp3) is 0.407. The van der Waals surface area contributed by atoms with Gasteiger partial charge in [0.1, 0.15) is 12.4 Å². The number of dihydropyridines is 1. The number of benzene rings is 1. The van der Waals surface area contributed by atoms with Crippen molar-refractivity contribution in [1.29, 1.82) is 0 Å². The normalized spacial score (nSPS) is 24.6. The van der Waals surface area contributed by atoms with Gasteiger partial charge in [-0.1, -0.05) is 18.2 Å². The highest BCUT2D eigenvalue weighted by molar-refractivity contribution is 6.04. The van der Waals surface area contributed by atoms with E-state index >= 15 is 0 Å². The van der Waals surface area contributed by atoms with Gasteiger partial charge in [-0.2, -0.15) is 13.2 Å². The maximum absolute atomic E-state index is 13.6. The zero-order valence-electron chi connectivity index (χ0n) is 19.7. The van der Waals surface area contributed by atoms with Crippen molar-refractivity contribution in [3.8, 4) is 0 Å². The minimum absolute atomic E-state index is 0.0470. The van der Waals surface area contributed by atoms with Gasteiger partial charge < -0.3 is 19.2 Å². The number of carbonyl (C=O) groups is 2. The molecule has 1 fully saturated rings. The molecule has 0 bridgehead atoms. The topological polar surface area (TPSA) is 77.8 Å².